The fourth-order valence-corrected chi connectivity index (χ4v) is 3.73. The van der Waals surface area contributed by atoms with E-state index in [4.69, 9.17) is 20.6 Å². The minimum absolute atomic E-state index is 0.0572. The summed E-state index contributed by atoms with van der Waals surface area (Å²) in [5, 5.41) is 20.5. The van der Waals surface area contributed by atoms with E-state index in [0.717, 1.165) is 11.1 Å². The molecule has 0 aliphatic carbocycles. The minimum Gasteiger partial charge on any atom is -0.494 e. The minimum atomic E-state index is -0.550. The Bertz CT molecular complexity index is 1330. The van der Waals surface area contributed by atoms with Crippen LogP contribution in [0.4, 0.5) is 5.69 Å². The van der Waals surface area contributed by atoms with E-state index in [-0.39, 0.29) is 19.1 Å². The second kappa shape index (κ2) is 9.51. The van der Waals surface area contributed by atoms with Gasteiger partial charge in [-0.15, -0.1) is 0 Å². The molecule has 34 heavy (non-hydrogen) atoms. The van der Waals surface area contributed by atoms with Crippen molar-refractivity contribution in [1.29, 1.82) is 0 Å². The molecule has 0 aliphatic rings. The van der Waals surface area contributed by atoms with Crippen molar-refractivity contribution < 1.29 is 19.7 Å². The molecule has 0 saturated carbocycles. The van der Waals surface area contributed by atoms with E-state index in [1.807, 2.05) is 68.4 Å². The summed E-state index contributed by atoms with van der Waals surface area (Å²) in [5.41, 5.74) is 10.3. The topological polar surface area (TPSA) is 121 Å². The summed E-state index contributed by atoms with van der Waals surface area (Å²) in [4.78, 5) is 20.0. The number of aliphatic hydroxyl groups excluding tert-OH is 1. The zero-order valence-corrected chi connectivity index (χ0v) is 19.1. The summed E-state index contributed by atoms with van der Waals surface area (Å²) in [7, 11) is 0. The summed E-state index contributed by atoms with van der Waals surface area (Å²) in [6.45, 7) is 3.56. The third kappa shape index (κ3) is 4.85. The Morgan fingerprint density at radius 1 is 1.03 bits per heavy atom. The third-order valence-electron chi connectivity index (χ3n) is 5.48. The summed E-state index contributed by atoms with van der Waals surface area (Å²) in [6.07, 6.45) is 0. The molecular formula is C27H27N3O4. The van der Waals surface area contributed by atoms with Gasteiger partial charge in [0.1, 0.15) is 6.61 Å². The Balaban J connectivity index is 1.82. The molecule has 1 heterocycles. The predicted molar refractivity (Wildman–Crippen MR) is 133 cm³/mol. The SMILES string of the molecule is CC(C)(N)c1ccc(N=C(c2ccccc2)c2c(O)[nH]c3cc(C(=O)OCCO)ccc23)cc1. The first-order valence-corrected chi connectivity index (χ1v) is 10.9. The number of aliphatic imine (C=N–C) groups is 1. The number of H-pyrrole nitrogens is 1. The van der Waals surface area contributed by atoms with Crippen LogP contribution in [0.2, 0.25) is 0 Å². The van der Waals surface area contributed by atoms with Crippen LogP contribution in [-0.4, -0.2) is 40.1 Å². The number of esters is 1. The average molecular weight is 458 g/mol. The maximum atomic E-state index is 12.2. The molecule has 4 rings (SSSR count). The molecule has 5 N–H and O–H groups in total. The molecule has 0 fully saturated rings. The molecule has 0 amide bonds. The van der Waals surface area contributed by atoms with E-state index >= 15 is 0 Å². The summed E-state index contributed by atoms with van der Waals surface area (Å²) in [5.74, 6) is -0.607. The number of hydrogen-bond donors (Lipinski definition) is 4. The zero-order chi connectivity index (χ0) is 24.3. The van der Waals surface area contributed by atoms with E-state index in [1.165, 1.54) is 0 Å². The van der Waals surface area contributed by atoms with Crippen LogP contribution in [0.25, 0.3) is 10.9 Å². The van der Waals surface area contributed by atoms with Gasteiger partial charge in [0.15, 0.2) is 5.88 Å². The lowest BCUT2D eigenvalue weighted by Crippen LogP contribution is -2.28. The first kappa shape index (κ1) is 23.2. The molecule has 4 aromatic rings. The van der Waals surface area contributed by atoms with E-state index < -0.39 is 11.5 Å². The standard InChI is InChI=1S/C27H27N3O4/c1-27(2,28)19-9-11-20(12-10-19)29-24(17-6-4-3-5-7-17)23-21-13-8-18(26(33)34-15-14-31)16-22(21)30-25(23)32/h3-13,16,30-32H,14-15,28H2,1-2H3. The van der Waals surface area contributed by atoms with Crippen molar-refractivity contribution >= 4 is 28.3 Å². The van der Waals surface area contributed by atoms with Crippen LogP contribution in [0.1, 0.15) is 40.9 Å². The van der Waals surface area contributed by atoms with Crippen LogP contribution in [0.3, 0.4) is 0 Å². The van der Waals surface area contributed by atoms with Crippen molar-refractivity contribution in [1.82, 2.24) is 4.98 Å². The van der Waals surface area contributed by atoms with Crippen molar-refractivity contribution in [3.05, 3.63) is 95.1 Å². The van der Waals surface area contributed by atoms with Gasteiger partial charge in [-0.2, -0.15) is 0 Å². The number of aromatic hydroxyl groups is 1. The Hall–Kier alpha value is -3.94. The molecule has 7 heteroatoms. The van der Waals surface area contributed by atoms with Crippen LogP contribution in [0, 0.1) is 0 Å². The molecule has 0 radical (unpaired) electrons. The molecule has 7 nitrogen and oxygen atoms in total. The number of benzene rings is 3. The number of nitrogens with two attached hydrogens (primary N) is 1. The van der Waals surface area contributed by atoms with Crippen molar-refractivity contribution in [3.63, 3.8) is 0 Å². The van der Waals surface area contributed by atoms with Gasteiger partial charge in [0, 0.05) is 22.0 Å². The van der Waals surface area contributed by atoms with E-state index in [9.17, 15) is 9.90 Å². The van der Waals surface area contributed by atoms with Crippen LogP contribution in [-0.2, 0) is 10.3 Å². The van der Waals surface area contributed by atoms with Crippen LogP contribution in [0.15, 0.2) is 77.8 Å². The molecule has 0 aliphatic heterocycles. The molecular weight excluding hydrogens is 430 g/mol. The molecule has 3 aromatic carbocycles. The Kier molecular flexibility index (Phi) is 6.49. The fraction of sp³-hybridized carbons (Fsp3) is 0.185. The number of carbonyl (C=O) groups excluding carboxylic acids is 1. The normalized spacial score (nSPS) is 12.2. The van der Waals surface area contributed by atoms with Gasteiger partial charge in [-0.1, -0.05) is 48.5 Å². The molecule has 0 spiro atoms. The molecule has 174 valence electrons. The highest BCUT2D eigenvalue weighted by Crippen LogP contribution is 2.32. The van der Waals surface area contributed by atoms with Gasteiger partial charge in [-0.05, 0) is 43.7 Å². The van der Waals surface area contributed by atoms with Gasteiger partial charge in [-0.3, -0.25) is 0 Å². The molecule has 0 bridgehead atoms. The first-order valence-electron chi connectivity index (χ1n) is 10.9. The summed E-state index contributed by atoms with van der Waals surface area (Å²) >= 11 is 0. The number of aromatic amines is 1. The van der Waals surface area contributed by atoms with E-state index in [2.05, 4.69) is 4.98 Å². The molecule has 1 aromatic heterocycles. The van der Waals surface area contributed by atoms with E-state index in [0.29, 0.717) is 33.4 Å². The molecule has 0 saturated heterocycles. The van der Waals surface area contributed by atoms with Gasteiger partial charge in [0.25, 0.3) is 0 Å². The number of ether oxygens (including phenoxy) is 1. The highest BCUT2D eigenvalue weighted by atomic mass is 16.5. The number of aliphatic hydroxyl groups is 1. The van der Waals surface area contributed by atoms with Gasteiger partial charge in [-0.25, -0.2) is 9.79 Å². The second-order valence-electron chi connectivity index (χ2n) is 8.56. The molecule has 0 unspecified atom stereocenters. The molecule has 0 atom stereocenters. The lowest BCUT2D eigenvalue weighted by molar-refractivity contribution is 0.0434. The number of hydrogen-bond acceptors (Lipinski definition) is 6. The Morgan fingerprint density at radius 3 is 2.38 bits per heavy atom. The average Bonchev–Trinajstić information content (AvgIpc) is 3.16. The highest BCUT2D eigenvalue weighted by Gasteiger charge is 2.20. The number of nitrogens with zero attached hydrogens (tertiary/aromatic N) is 1. The number of nitrogens with one attached hydrogen (secondary N) is 1. The van der Waals surface area contributed by atoms with Gasteiger partial charge >= 0.3 is 5.97 Å². The number of fused-ring (bicyclic) bond motifs is 1. The van der Waals surface area contributed by atoms with Crippen molar-refractivity contribution in [2.75, 3.05) is 13.2 Å². The quantitative estimate of drug-likeness (QED) is 0.242. The highest BCUT2D eigenvalue weighted by molar-refractivity contribution is 6.22. The number of carbonyl (C=O) groups is 1. The maximum absolute atomic E-state index is 12.2. The van der Waals surface area contributed by atoms with Crippen molar-refractivity contribution in [2.45, 2.75) is 19.4 Å². The summed E-state index contributed by atoms with van der Waals surface area (Å²) < 4.78 is 4.99. The second-order valence-corrected chi connectivity index (χ2v) is 8.56. The van der Waals surface area contributed by atoms with Gasteiger partial charge in [0.05, 0.1) is 29.1 Å². The largest absolute Gasteiger partial charge is 0.494 e. The smallest absolute Gasteiger partial charge is 0.338 e. The monoisotopic (exact) mass is 457 g/mol. The third-order valence-corrected chi connectivity index (χ3v) is 5.48. The van der Waals surface area contributed by atoms with Crippen molar-refractivity contribution in [3.8, 4) is 5.88 Å². The van der Waals surface area contributed by atoms with Crippen LogP contribution in [0.5, 0.6) is 5.88 Å². The fourth-order valence-electron chi connectivity index (χ4n) is 3.73. The number of rotatable bonds is 7. The predicted octanol–water partition coefficient (Wildman–Crippen LogP) is 4.39. The summed E-state index contributed by atoms with van der Waals surface area (Å²) in [6, 6.07) is 22.2. The van der Waals surface area contributed by atoms with Gasteiger partial charge < -0.3 is 25.7 Å². The maximum Gasteiger partial charge on any atom is 0.338 e. The first-order chi connectivity index (χ1) is 16.3. The lowest BCUT2D eigenvalue weighted by atomic mass is 9.95. The van der Waals surface area contributed by atoms with Crippen LogP contribution >= 0.6 is 0 Å². The van der Waals surface area contributed by atoms with Crippen LogP contribution < -0.4 is 5.73 Å². The Labute approximate surface area is 197 Å². The van der Waals surface area contributed by atoms with E-state index in [1.54, 1.807) is 18.2 Å². The van der Waals surface area contributed by atoms with Crippen molar-refractivity contribution in [2.24, 2.45) is 10.7 Å². The van der Waals surface area contributed by atoms with Gasteiger partial charge in [0.2, 0.25) is 0 Å². The Morgan fingerprint density at radius 2 is 1.74 bits per heavy atom. The zero-order valence-electron chi connectivity index (χ0n) is 19.1. The number of aromatic nitrogens is 1. The lowest BCUT2D eigenvalue weighted by Gasteiger charge is -2.19.